The minimum atomic E-state index is -0.128. The van der Waals surface area contributed by atoms with Crippen molar-refractivity contribution in [3.63, 3.8) is 0 Å². The van der Waals surface area contributed by atoms with Crippen LogP contribution in [0.25, 0.3) is 0 Å². The Bertz CT molecular complexity index is 748. The van der Waals surface area contributed by atoms with Gasteiger partial charge in [-0.3, -0.25) is 14.4 Å². The van der Waals surface area contributed by atoms with Crippen LogP contribution < -0.4 is 0 Å². The smallest absolute Gasteiger partial charge is 0.274 e. The van der Waals surface area contributed by atoms with Gasteiger partial charge in [-0.05, 0) is 40.7 Å². The molecule has 25 heavy (non-hydrogen) atoms. The summed E-state index contributed by atoms with van der Waals surface area (Å²) in [6.45, 7) is 14.0. The zero-order chi connectivity index (χ0) is 18.2. The lowest BCUT2D eigenvalue weighted by molar-refractivity contribution is 0.0610. The fourth-order valence-corrected chi connectivity index (χ4v) is 3.24. The molecule has 0 bridgehead atoms. The van der Waals surface area contributed by atoms with E-state index in [1.54, 1.807) is 0 Å². The molecular weight excluding hydrogens is 318 g/mol. The first-order valence-electron chi connectivity index (χ1n) is 8.75. The summed E-state index contributed by atoms with van der Waals surface area (Å²) in [6, 6.07) is 3.84. The van der Waals surface area contributed by atoms with Crippen molar-refractivity contribution >= 4 is 5.91 Å². The number of aromatic nitrogens is 3. The average molecular weight is 345 g/mol. The molecule has 136 valence electrons. The summed E-state index contributed by atoms with van der Waals surface area (Å²) < 4.78 is 7.19. The maximum absolute atomic E-state index is 12.8. The molecule has 7 nitrogen and oxygen atoms in total. The van der Waals surface area contributed by atoms with Crippen molar-refractivity contribution in [3.05, 3.63) is 35.0 Å². The first-order valence-corrected chi connectivity index (χ1v) is 8.75. The van der Waals surface area contributed by atoms with Crippen molar-refractivity contribution in [2.45, 2.75) is 46.7 Å². The Morgan fingerprint density at radius 2 is 1.84 bits per heavy atom. The van der Waals surface area contributed by atoms with Crippen LogP contribution in [0.15, 0.2) is 16.7 Å². The van der Waals surface area contributed by atoms with Gasteiger partial charge in [0.1, 0.15) is 0 Å². The van der Waals surface area contributed by atoms with Crippen LogP contribution in [0.4, 0.5) is 0 Å². The van der Waals surface area contributed by atoms with E-state index < -0.39 is 0 Å². The zero-order valence-corrected chi connectivity index (χ0v) is 15.7. The van der Waals surface area contributed by atoms with Crippen LogP contribution in [0, 0.1) is 13.8 Å². The van der Waals surface area contributed by atoms with E-state index in [1.165, 1.54) is 0 Å². The largest absolute Gasteiger partial charge is 0.360 e. The van der Waals surface area contributed by atoms with Crippen LogP contribution in [0.5, 0.6) is 0 Å². The Balaban J connectivity index is 1.60. The Morgan fingerprint density at radius 1 is 1.16 bits per heavy atom. The highest BCUT2D eigenvalue weighted by molar-refractivity contribution is 5.92. The number of carbonyl (C=O) groups excluding carboxylic acids is 1. The van der Waals surface area contributed by atoms with Crippen LogP contribution in [0.3, 0.4) is 0 Å². The normalized spacial score (nSPS) is 16.4. The zero-order valence-electron chi connectivity index (χ0n) is 15.7. The number of rotatable bonds is 3. The maximum atomic E-state index is 12.8. The summed E-state index contributed by atoms with van der Waals surface area (Å²) >= 11 is 0. The molecule has 0 aromatic carbocycles. The third-order valence-corrected chi connectivity index (χ3v) is 4.46. The van der Waals surface area contributed by atoms with Gasteiger partial charge < -0.3 is 9.42 Å². The molecule has 1 amide bonds. The van der Waals surface area contributed by atoms with E-state index in [2.05, 4.69) is 35.9 Å². The van der Waals surface area contributed by atoms with Crippen molar-refractivity contribution in [2.75, 3.05) is 26.2 Å². The molecule has 0 radical (unpaired) electrons. The molecule has 1 saturated heterocycles. The van der Waals surface area contributed by atoms with Gasteiger partial charge in [0.15, 0.2) is 11.5 Å². The summed E-state index contributed by atoms with van der Waals surface area (Å²) in [7, 11) is 0. The molecule has 0 atom stereocenters. The van der Waals surface area contributed by atoms with Gasteiger partial charge in [-0.1, -0.05) is 5.16 Å². The van der Waals surface area contributed by atoms with Crippen molar-refractivity contribution in [1.29, 1.82) is 0 Å². The summed E-state index contributed by atoms with van der Waals surface area (Å²) in [5.74, 6) is 0.887. The standard InChI is InChI=1S/C18H27N5O2/c1-13-10-15(25-20-13)12-21-6-8-22(9-7-21)17(24)16-11-14(2)23(19-16)18(3,4)5/h10-11H,6-9,12H2,1-5H3. The van der Waals surface area contributed by atoms with E-state index in [1.807, 2.05) is 35.6 Å². The number of nitrogens with zero attached hydrogens (tertiary/aromatic N) is 5. The molecular formula is C18H27N5O2. The molecule has 2 aromatic heterocycles. The Kier molecular flexibility index (Phi) is 4.69. The molecule has 1 fully saturated rings. The first-order chi connectivity index (χ1) is 11.7. The molecule has 0 spiro atoms. The molecule has 0 saturated carbocycles. The minimum absolute atomic E-state index is 0.0151. The quantitative estimate of drug-likeness (QED) is 0.853. The summed E-state index contributed by atoms with van der Waals surface area (Å²) in [6.07, 6.45) is 0. The first kappa shape index (κ1) is 17.7. The summed E-state index contributed by atoms with van der Waals surface area (Å²) in [5.41, 5.74) is 2.31. The van der Waals surface area contributed by atoms with Gasteiger partial charge in [-0.25, -0.2) is 0 Å². The topological polar surface area (TPSA) is 67.4 Å². The van der Waals surface area contributed by atoms with Gasteiger partial charge in [0.2, 0.25) is 0 Å². The fraction of sp³-hybridized carbons (Fsp3) is 0.611. The Labute approximate surface area is 148 Å². The highest BCUT2D eigenvalue weighted by Gasteiger charge is 2.26. The molecule has 7 heteroatoms. The molecule has 2 aromatic rings. The Morgan fingerprint density at radius 3 is 2.36 bits per heavy atom. The van der Waals surface area contributed by atoms with E-state index in [0.29, 0.717) is 18.8 Å². The molecule has 1 aliphatic rings. The number of hydrogen-bond acceptors (Lipinski definition) is 5. The average Bonchev–Trinajstić information content (AvgIpc) is 3.13. The second-order valence-corrected chi connectivity index (χ2v) is 7.76. The monoisotopic (exact) mass is 345 g/mol. The lowest BCUT2D eigenvalue weighted by Crippen LogP contribution is -2.48. The van der Waals surface area contributed by atoms with Gasteiger partial charge in [0, 0.05) is 37.9 Å². The number of hydrogen-bond donors (Lipinski definition) is 0. The highest BCUT2D eigenvalue weighted by Crippen LogP contribution is 2.18. The van der Waals surface area contributed by atoms with Gasteiger partial charge in [-0.15, -0.1) is 0 Å². The van der Waals surface area contributed by atoms with E-state index in [0.717, 1.165) is 36.8 Å². The second kappa shape index (κ2) is 6.63. The SMILES string of the molecule is Cc1cc(CN2CCN(C(=O)c3cc(C)n(C(C)(C)C)n3)CC2)on1. The molecule has 3 rings (SSSR count). The molecule has 1 aliphatic heterocycles. The third kappa shape index (κ3) is 3.92. The van der Waals surface area contributed by atoms with Gasteiger partial charge in [-0.2, -0.15) is 5.10 Å². The summed E-state index contributed by atoms with van der Waals surface area (Å²) in [5, 5.41) is 8.45. The lowest BCUT2D eigenvalue weighted by Gasteiger charge is -2.33. The van der Waals surface area contributed by atoms with Crippen LogP contribution in [-0.2, 0) is 12.1 Å². The predicted molar refractivity (Wildman–Crippen MR) is 94.4 cm³/mol. The Hall–Kier alpha value is -2.15. The van der Waals surface area contributed by atoms with Crippen LogP contribution in [0.2, 0.25) is 0 Å². The number of carbonyl (C=O) groups is 1. The highest BCUT2D eigenvalue weighted by atomic mass is 16.5. The van der Waals surface area contributed by atoms with Gasteiger partial charge in [0.25, 0.3) is 5.91 Å². The molecule has 3 heterocycles. The molecule has 0 N–H and O–H groups in total. The van der Waals surface area contributed by atoms with E-state index in [-0.39, 0.29) is 11.4 Å². The number of piperazine rings is 1. The summed E-state index contributed by atoms with van der Waals surface area (Å²) in [4.78, 5) is 16.9. The van der Waals surface area contributed by atoms with Crippen molar-refractivity contribution < 1.29 is 9.32 Å². The van der Waals surface area contributed by atoms with Crippen LogP contribution in [-0.4, -0.2) is 56.8 Å². The van der Waals surface area contributed by atoms with E-state index in [4.69, 9.17) is 4.52 Å². The fourth-order valence-electron chi connectivity index (χ4n) is 3.24. The van der Waals surface area contributed by atoms with Crippen LogP contribution in [0.1, 0.15) is 48.4 Å². The third-order valence-electron chi connectivity index (χ3n) is 4.46. The molecule has 0 unspecified atom stereocenters. The number of aryl methyl sites for hydroxylation is 2. The maximum Gasteiger partial charge on any atom is 0.274 e. The minimum Gasteiger partial charge on any atom is -0.360 e. The van der Waals surface area contributed by atoms with Crippen molar-refractivity contribution in [3.8, 4) is 0 Å². The molecule has 0 aliphatic carbocycles. The predicted octanol–water partition coefficient (Wildman–Crippen LogP) is 2.20. The van der Waals surface area contributed by atoms with Gasteiger partial charge >= 0.3 is 0 Å². The van der Waals surface area contributed by atoms with E-state index >= 15 is 0 Å². The second-order valence-electron chi connectivity index (χ2n) is 7.76. The van der Waals surface area contributed by atoms with Crippen LogP contribution >= 0.6 is 0 Å². The van der Waals surface area contributed by atoms with Crippen molar-refractivity contribution in [1.82, 2.24) is 24.7 Å². The lowest BCUT2D eigenvalue weighted by atomic mass is 10.1. The number of amides is 1. The van der Waals surface area contributed by atoms with Gasteiger partial charge in [0.05, 0.1) is 17.8 Å². The van der Waals surface area contributed by atoms with Crippen molar-refractivity contribution in [2.24, 2.45) is 0 Å². The van der Waals surface area contributed by atoms with E-state index in [9.17, 15) is 4.79 Å².